The fourth-order valence-corrected chi connectivity index (χ4v) is 3.69. The van der Waals surface area contributed by atoms with Gasteiger partial charge in [-0.2, -0.15) is 0 Å². The quantitative estimate of drug-likeness (QED) is 0.503. The van der Waals surface area contributed by atoms with Gasteiger partial charge >= 0.3 is 11.9 Å². The number of ether oxygens (including phenoxy) is 2. The number of nitrogens with zero attached hydrogens (tertiary/aromatic N) is 1. The van der Waals surface area contributed by atoms with Crippen LogP contribution < -0.4 is 0 Å². The molecule has 0 aromatic carbocycles. The Morgan fingerprint density at radius 3 is 1.71 bits per heavy atom. The normalized spacial score (nSPS) is 11.0. The van der Waals surface area contributed by atoms with Crippen molar-refractivity contribution in [3.8, 4) is 0 Å². The van der Waals surface area contributed by atoms with Crippen LogP contribution in [0.15, 0.2) is 0 Å². The molecule has 0 unspecified atom stereocenters. The van der Waals surface area contributed by atoms with Crippen molar-refractivity contribution < 1.29 is 19.1 Å². The number of carbonyl (C=O) groups excluding carboxylic acids is 2. The summed E-state index contributed by atoms with van der Waals surface area (Å²) in [5.74, 6) is 2.65. The molecule has 0 spiro atoms. The number of hydrogen-bond donors (Lipinski definition) is 0. The molecular formula is C14H27NO4S2. The van der Waals surface area contributed by atoms with Crippen LogP contribution in [0, 0.1) is 5.92 Å². The molecule has 0 aliphatic heterocycles. The molecule has 0 fully saturated rings. The molecule has 0 saturated heterocycles. The van der Waals surface area contributed by atoms with Gasteiger partial charge in [0.25, 0.3) is 0 Å². The van der Waals surface area contributed by atoms with E-state index in [4.69, 9.17) is 9.47 Å². The number of carbonyl (C=O) groups is 2. The van der Waals surface area contributed by atoms with Crippen LogP contribution in [0.2, 0.25) is 0 Å². The van der Waals surface area contributed by atoms with Gasteiger partial charge in [0.1, 0.15) is 0 Å². The zero-order valence-electron chi connectivity index (χ0n) is 13.4. The average molecular weight is 338 g/mol. The fourth-order valence-electron chi connectivity index (χ4n) is 1.69. The predicted molar refractivity (Wildman–Crippen MR) is 90.0 cm³/mol. The largest absolute Gasteiger partial charge is 0.465 e. The second kappa shape index (κ2) is 13.3. The number of esters is 2. The Balaban J connectivity index is 3.97. The van der Waals surface area contributed by atoms with Crippen LogP contribution in [0.5, 0.6) is 0 Å². The third-order valence-corrected chi connectivity index (χ3v) is 4.67. The first kappa shape index (κ1) is 20.6. The van der Waals surface area contributed by atoms with Crippen LogP contribution in [0.3, 0.4) is 0 Å². The smallest absolute Gasteiger partial charge is 0.315 e. The lowest BCUT2D eigenvalue weighted by Gasteiger charge is -2.20. The van der Waals surface area contributed by atoms with Gasteiger partial charge in [0.15, 0.2) is 0 Å². The molecule has 0 aliphatic rings. The van der Waals surface area contributed by atoms with E-state index >= 15 is 0 Å². The first-order chi connectivity index (χ1) is 9.99. The molecule has 0 aromatic heterocycles. The Morgan fingerprint density at radius 1 is 0.952 bits per heavy atom. The first-order valence-corrected chi connectivity index (χ1v) is 9.41. The van der Waals surface area contributed by atoms with E-state index in [0.29, 0.717) is 30.6 Å². The van der Waals surface area contributed by atoms with Crippen molar-refractivity contribution in [2.75, 3.05) is 56.9 Å². The van der Waals surface area contributed by atoms with Crippen LogP contribution in [-0.2, 0) is 19.1 Å². The van der Waals surface area contributed by atoms with Crippen molar-refractivity contribution in [2.45, 2.75) is 13.8 Å². The summed E-state index contributed by atoms with van der Waals surface area (Å²) in [6.45, 7) is 5.41. The van der Waals surface area contributed by atoms with Gasteiger partial charge in [0.05, 0.1) is 24.7 Å². The van der Waals surface area contributed by atoms with Gasteiger partial charge in [-0.1, -0.05) is 0 Å². The SMILES string of the molecule is CCOC(=O)CSCC(CSCC(=O)OCC)CN(C)C. The van der Waals surface area contributed by atoms with Crippen molar-refractivity contribution in [3.63, 3.8) is 0 Å². The molecular weight excluding hydrogens is 310 g/mol. The number of thioether (sulfide) groups is 2. The first-order valence-electron chi connectivity index (χ1n) is 7.11. The number of hydrogen-bond acceptors (Lipinski definition) is 7. The van der Waals surface area contributed by atoms with Gasteiger partial charge in [-0.15, -0.1) is 23.5 Å². The molecule has 21 heavy (non-hydrogen) atoms. The summed E-state index contributed by atoms with van der Waals surface area (Å²) in [4.78, 5) is 24.7. The molecule has 0 N–H and O–H groups in total. The minimum absolute atomic E-state index is 0.162. The average Bonchev–Trinajstić information content (AvgIpc) is 2.38. The van der Waals surface area contributed by atoms with E-state index in [1.54, 1.807) is 23.5 Å². The van der Waals surface area contributed by atoms with Crippen molar-refractivity contribution in [2.24, 2.45) is 5.92 Å². The van der Waals surface area contributed by atoms with Crippen LogP contribution in [0.25, 0.3) is 0 Å². The summed E-state index contributed by atoms with van der Waals surface area (Å²) in [5, 5.41) is 0. The highest BCUT2D eigenvalue weighted by atomic mass is 32.2. The molecule has 0 atom stereocenters. The van der Waals surface area contributed by atoms with Crippen molar-refractivity contribution in [1.82, 2.24) is 4.90 Å². The molecule has 0 radical (unpaired) electrons. The van der Waals surface area contributed by atoms with Crippen molar-refractivity contribution in [3.05, 3.63) is 0 Å². The topological polar surface area (TPSA) is 55.8 Å². The van der Waals surface area contributed by atoms with Crippen molar-refractivity contribution >= 4 is 35.5 Å². The van der Waals surface area contributed by atoms with E-state index in [9.17, 15) is 9.59 Å². The monoisotopic (exact) mass is 337 g/mol. The summed E-state index contributed by atoms with van der Waals surface area (Å²) >= 11 is 3.18. The van der Waals surface area contributed by atoms with E-state index in [1.165, 1.54) is 0 Å². The van der Waals surface area contributed by atoms with E-state index in [2.05, 4.69) is 4.90 Å². The second-order valence-electron chi connectivity index (χ2n) is 4.77. The molecule has 0 bridgehead atoms. The highest BCUT2D eigenvalue weighted by Gasteiger charge is 2.13. The highest BCUT2D eigenvalue weighted by molar-refractivity contribution is 8.00. The van der Waals surface area contributed by atoms with Crippen LogP contribution in [-0.4, -0.2) is 73.7 Å². The van der Waals surface area contributed by atoms with Crippen molar-refractivity contribution in [1.29, 1.82) is 0 Å². The maximum Gasteiger partial charge on any atom is 0.315 e. The summed E-state index contributed by atoms with van der Waals surface area (Å²) in [6, 6.07) is 0. The third kappa shape index (κ3) is 13.0. The molecule has 124 valence electrons. The van der Waals surface area contributed by atoms with E-state index in [0.717, 1.165) is 18.1 Å². The van der Waals surface area contributed by atoms with E-state index in [-0.39, 0.29) is 11.9 Å². The summed E-state index contributed by atoms with van der Waals surface area (Å²) in [5.41, 5.74) is 0. The molecule has 7 heteroatoms. The molecule has 0 rings (SSSR count). The zero-order valence-corrected chi connectivity index (χ0v) is 15.1. The van der Waals surface area contributed by atoms with Gasteiger partial charge in [-0.05, 0) is 45.4 Å². The summed E-state index contributed by atoms with van der Waals surface area (Å²) in [6.07, 6.45) is 0. The second-order valence-corrected chi connectivity index (χ2v) is 6.83. The Kier molecular flexibility index (Phi) is 13.0. The van der Waals surface area contributed by atoms with Gasteiger partial charge < -0.3 is 14.4 Å². The zero-order chi connectivity index (χ0) is 16.1. The Labute approximate surface area is 136 Å². The molecule has 5 nitrogen and oxygen atoms in total. The molecule has 0 aromatic rings. The van der Waals surface area contributed by atoms with Crippen LogP contribution in [0.1, 0.15) is 13.8 Å². The third-order valence-electron chi connectivity index (χ3n) is 2.38. The Morgan fingerprint density at radius 2 is 1.38 bits per heavy atom. The lowest BCUT2D eigenvalue weighted by molar-refractivity contribution is -0.140. The van der Waals surface area contributed by atoms with Gasteiger partial charge in [-0.25, -0.2) is 0 Å². The van der Waals surface area contributed by atoms with E-state index in [1.807, 2.05) is 27.9 Å². The van der Waals surface area contributed by atoms with Gasteiger partial charge in [0.2, 0.25) is 0 Å². The maximum atomic E-state index is 11.3. The van der Waals surface area contributed by atoms with Crippen LogP contribution >= 0.6 is 23.5 Å². The predicted octanol–water partition coefficient (Wildman–Crippen LogP) is 1.76. The summed E-state index contributed by atoms with van der Waals surface area (Å²) in [7, 11) is 4.05. The molecule has 0 heterocycles. The fraction of sp³-hybridized carbons (Fsp3) is 0.857. The minimum Gasteiger partial charge on any atom is -0.465 e. The van der Waals surface area contributed by atoms with E-state index < -0.39 is 0 Å². The molecule has 0 saturated carbocycles. The maximum absolute atomic E-state index is 11.3. The Bertz CT molecular complexity index is 277. The Hall–Kier alpha value is -0.400. The highest BCUT2D eigenvalue weighted by Crippen LogP contribution is 2.16. The summed E-state index contributed by atoms with van der Waals surface area (Å²) < 4.78 is 9.82. The van der Waals surface area contributed by atoms with Gasteiger partial charge in [-0.3, -0.25) is 9.59 Å². The van der Waals surface area contributed by atoms with Crippen LogP contribution in [0.4, 0.5) is 0 Å². The standard InChI is InChI=1S/C14H27NO4S2/c1-5-18-13(16)10-20-8-12(7-15(3)4)9-21-11-14(17)19-6-2/h12H,5-11H2,1-4H3. The lowest BCUT2D eigenvalue weighted by atomic mass is 10.2. The lowest BCUT2D eigenvalue weighted by Crippen LogP contribution is -2.26. The minimum atomic E-state index is -0.162. The number of rotatable bonds is 12. The molecule has 0 amide bonds. The molecule has 0 aliphatic carbocycles. The van der Waals surface area contributed by atoms with Gasteiger partial charge in [0, 0.05) is 6.54 Å².